The standard InChI is InChI=1S/C21H20BrN3O4/c1-3-11-29-19-10-5-16(22)12-15(19)14-23-25-21(27)13-20(26)24-17-6-8-18(9-7-17)28-4-2/h1,5-10,12,14H,4,11,13H2,2H3,(H,24,26)(H,25,27). The predicted molar refractivity (Wildman–Crippen MR) is 115 cm³/mol. The van der Waals surface area contributed by atoms with Crippen LogP contribution in [-0.4, -0.2) is 31.2 Å². The molecule has 2 aromatic rings. The van der Waals surface area contributed by atoms with E-state index < -0.39 is 11.8 Å². The fraction of sp³-hybridized carbons (Fsp3) is 0.190. The van der Waals surface area contributed by atoms with Gasteiger partial charge in [-0.2, -0.15) is 5.10 Å². The molecular formula is C21H20BrN3O4. The lowest BCUT2D eigenvalue weighted by Gasteiger charge is -2.07. The van der Waals surface area contributed by atoms with E-state index in [0.717, 1.165) is 4.47 Å². The number of amides is 2. The van der Waals surface area contributed by atoms with Crippen LogP contribution in [0.5, 0.6) is 11.5 Å². The van der Waals surface area contributed by atoms with E-state index >= 15 is 0 Å². The van der Waals surface area contributed by atoms with Crippen LogP contribution in [-0.2, 0) is 9.59 Å². The van der Waals surface area contributed by atoms with Gasteiger partial charge in [0.25, 0.3) is 0 Å². The van der Waals surface area contributed by atoms with Crippen LogP contribution in [0.1, 0.15) is 18.9 Å². The lowest BCUT2D eigenvalue weighted by atomic mass is 10.2. The van der Waals surface area contributed by atoms with Crippen LogP contribution in [0.25, 0.3) is 0 Å². The van der Waals surface area contributed by atoms with E-state index in [1.807, 2.05) is 6.92 Å². The van der Waals surface area contributed by atoms with Crippen molar-refractivity contribution < 1.29 is 19.1 Å². The molecule has 0 unspecified atom stereocenters. The smallest absolute Gasteiger partial charge is 0.249 e. The summed E-state index contributed by atoms with van der Waals surface area (Å²) in [6.45, 7) is 2.56. The minimum absolute atomic E-state index is 0.112. The lowest BCUT2D eigenvalue weighted by molar-refractivity contribution is -0.126. The van der Waals surface area contributed by atoms with Gasteiger partial charge < -0.3 is 14.8 Å². The molecular weight excluding hydrogens is 438 g/mol. The van der Waals surface area contributed by atoms with Crippen LogP contribution in [0.4, 0.5) is 5.69 Å². The number of benzene rings is 2. The van der Waals surface area contributed by atoms with E-state index in [1.54, 1.807) is 42.5 Å². The Morgan fingerprint density at radius 3 is 2.62 bits per heavy atom. The third kappa shape index (κ3) is 7.68. The third-order valence-electron chi connectivity index (χ3n) is 3.45. The van der Waals surface area contributed by atoms with Crippen molar-refractivity contribution in [3.63, 3.8) is 0 Å². The van der Waals surface area contributed by atoms with Crippen molar-refractivity contribution >= 4 is 39.6 Å². The van der Waals surface area contributed by atoms with Gasteiger partial charge in [-0.1, -0.05) is 21.9 Å². The van der Waals surface area contributed by atoms with Crippen LogP contribution in [0, 0.1) is 12.3 Å². The Hall–Kier alpha value is -3.31. The highest BCUT2D eigenvalue weighted by atomic mass is 79.9. The summed E-state index contributed by atoms with van der Waals surface area (Å²) in [6.07, 6.45) is 6.24. The monoisotopic (exact) mass is 457 g/mol. The Balaban J connectivity index is 1.87. The molecule has 0 bridgehead atoms. The van der Waals surface area contributed by atoms with Crippen LogP contribution < -0.4 is 20.2 Å². The number of hydrogen-bond acceptors (Lipinski definition) is 5. The molecule has 0 atom stereocenters. The molecule has 2 amide bonds. The van der Waals surface area contributed by atoms with Crippen molar-refractivity contribution in [1.82, 2.24) is 5.43 Å². The van der Waals surface area contributed by atoms with E-state index in [4.69, 9.17) is 15.9 Å². The molecule has 0 fully saturated rings. The fourth-order valence-corrected chi connectivity index (χ4v) is 2.62. The van der Waals surface area contributed by atoms with Gasteiger partial charge in [-0.3, -0.25) is 9.59 Å². The van der Waals surface area contributed by atoms with Gasteiger partial charge in [0, 0.05) is 15.7 Å². The summed E-state index contributed by atoms with van der Waals surface area (Å²) >= 11 is 3.36. The number of anilines is 1. The molecule has 150 valence electrons. The van der Waals surface area contributed by atoms with E-state index in [0.29, 0.717) is 29.4 Å². The van der Waals surface area contributed by atoms with Gasteiger partial charge in [-0.05, 0) is 49.4 Å². The summed E-state index contributed by atoms with van der Waals surface area (Å²) in [6, 6.07) is 12.2. The molecule has 0 radical (unpaired) electrons. The molecule has 7 nitrogen and oxygen atoms in total. The van der Waals surface area contributed by atoms with Crippen LogP contribution in [0.15, 0.2) is 52.0 Å². The largest absolute Gasteiger partial charge is 0.494 e. The third-order valence-corrected chi connectivity index (χ3v) is 3.94. The molecule has 2 rings (SSSR count). The normalized spacial score (nSPS) is 10.2. The number of rotatable bonds is 9. The summed E-state index contributed by atoms with van der Waals surface area (Å²) in [5.74, 6) is 2.61. The number of terminal acetylenes is 1. The van der Waals surface area contributed by atoms with Gasteiger partial charge >= 0.3 is 0 Å². The molecule has 0 saturated carbocycles. The summed E-state index contributed by atoms with van der Waals surface area (Å²) in [5, 5.41) is 6.51. The molecule has 2 N–H and O–H groups in total. The van der Waals surface area contributed by atoms with Crippen molar-refractivity contribution in [1.29, 1.82) is 0 Å². The zero-order chi connectivity index (χ0) is 21.1. The number of hydrogen-bond donors (Lipinski definition) is 2. The molecule has 0 saturated heterocycles. The molecule has 0 heterocycles. The number of carbonyl (C=O) groups excluding carboxylic acids is 2. The molecule has 0 aliphatic carbocycles. The first-order chi connectivity index (χ1) is 14.0. The average Bonchev–Trinajstić information content (AvgIpc) is 2.69. The van der Waals surface area contributed by atoms with Gasteiger partial charge in [0.2, 0.25) is 11.8 Å². The average molecular weight is 458 g/mol. The zero-order valence-electron chi connectivity index (χ0n) is 15.8. The number of halogens is 1. The molecule has 0 aliphatic rings. The maximum absolute atomic E-state index is 12.0. The quantitative estimate of drug-likeness (QED) is 0.261. The molecule has 0 aliphatic heterocycles. The number of carbonyl (C=O) groups is 2. The Kier molecular flexibility index (Phi) is 8.73. The number of hydrazone groups is 1. The molecule has 0 spiro atoms. The predicted octanol–water partition coefficient (Wildman–Crippen LogP) is 3.34. The first-order valence-electron chi connectivity index (χ1n) is 8.72. The van der Waals surface area contributed by atoms with E-state index in [-0.39, 0.29) is 13.0 Å². The minimum atomic E-state index is -0.550. The van der Waals surface area contributed by atoms with Crippen LogP contribution in [0.2, 0.25) is 0 Å². The van der Waals surface area contributed by atoms with Crippen molar-refractivity contribution in [2.75, 3.05) is 18.5 Å². The highest BCUT2D eigenvalue weighted by molar-refractivity contribution is 9.10. The Labute approximate surface area is 177 Å². The minimum Gasteiger partial charge on any atom is -0.494 e. The van der Waals surface area contributed by atoms with E-state index in [1.165, 1.54) is 6.21 Å². The van der Waals surface area contributed by atoms with E-state index in [9.17, 15) is 9.59 Å². The molecule has 8 heteroatoms. The molecule has 2 aromatic carbocycles. The topological polar surface area (TPSA) is 89.0 Å². The second-order valence-corrected chi connectivity index (χ2v) is 6.57. The van der Waals surface area contributed by atoms with Crippen molar-refractivity contribution in [2.45, 2.75) is 13.3 Å². The van der Waals surface area contributed by atoms with Crippen LogP contribution in [0.3, 0.4) is 0 Å². The summed E-state index contributed by atoms with van der Waals surface area (Å²) < 4.78 is 11.6. The number of ether oxygens (including phenoxy) is 2. The second kappa shape index (κ2) is 11.5. The van der Waals surface area contributed by atoms with Crippen LogP contribution >= 0.6 is 15.9 Å². The van der Waals surface area contributed by atoms with Gasteiger partial charge in [0.05, 0.1) is 12.8 Å². The van der Waals surface area contributed by atoms with Crippen molar-refractivity contribution in [3.05, 3.63) is 52.5 Å². The molecule has 0 aromatic heterocycles. The number of nitrogens with one attached hydrogen (secondary N) is 2. The van der Waals surface area contributed by atoms with Gasteiger partial charge in [0.1, 0.15) is 24.5 Å². The SMILES string of the molecule is C#CCOc1ccc(Br)cc1C=NNC(=O)CC(=O)Nc1ccc(OCC)cc1. The van der Waals surface area contributed by atoms with Crippen molar-refractivity contribution in [2.24, 2.45) is 5.10 Å². The molecule has 29 heavy (non-hydrogen) atoms. The van der Waals surface area contributed by atoms with Gasteiger partial charge in [-0.15, -0.1) is 6.42 Å². The number of nitrogens with zero attached hydrogens (tertiary/aromatic N) is 1. The summed E-state index contributed by atoms with van der Waals surface area (Å²) in [5.41, 5.74) is 3.50. The van der Waals surface area contributed by atoms with Gasteiger partial charge in [-0.25, -0.2) is 5.43 Å². The zero-order valence-corrected chi connectivity index (χ0v) is 17.4. The van der Waals surface area contributed by atoms with Crippen molar-refractivity contribution in [3.8, 4) is 23.8 Å². The second-order valence-electron chi connectivity index (χ2n) is 5.65. The van der Waals surface area contributed by atoms with Gasteiger partial charge in [0.15, 0.2) is 0 Å². The van der Waals surface area contributed by atoms with E-state index in [2.05, 4.69) is 37.7 Å². The highest BCUT2D eigenvalue weighted by Crippen LogP contribution is 2.21. The Bertz CT molecular complexity index is 921. The fourth-order valence-electron chi connectivity index (χ4n) is 2.24. The Morgan fingerprint density at radius 2 is 1.93 bits per heavy atom. The highest BCUT2D eigenvalue weighted by Gasteiger charge is 2.09. The summed E-state index contributed by atoms with van der Waals surface area (Å²) in [7, 11) is 0. The first-order valence-corrected chi connectivity index (χ1v) is 9.51. The maximum atomic E-state index is 12.0. The Morgan fingerprint density at radius 1 is 1.17 bits per heavy atom. The first kappa shape index (κ1) is 22.0. The lowest BCUT2D eigenvalue weighted by Crippen LogP contribution is -2.24. The summed E-state index contributed by atoms with van der Waals surface area (Å²) in [4.78, 5) is 23.9. The maximum Gasteiger partial charge on any atom is 0.249 e.